The van der Waals surface area contributed by atoms with Gasteiger partial charge in [-0.2, -0.15) is 0 Å². The average Bonchev–Trinajstić information content (AvgIpc) is 2.95. The Morgan fingerprint density at radius 3 is 2.57 bits per heavy atom. The lowest BCUT2D eigenvalue weighted by Crippen LogP contribution is -2.46. The van der Waals surface area contributed by atoms with Gasteiger partial charge in [0, 0.05) is 13.1 Å². The predicted octanol–water partition coefficient (Wildman–Crippen LogP) is -1.42. The van der Waals surface area contributed by atoms with E-state index in [4.69, 9.17) is 10.8 Å². The van der Waals surface area contributed by atoms with Crippen molar-refractivity contribution < 1.29 is 15.0 Å². The second-order valence-corrected chi connectivity index (χ2v) is 4.32. The Hall–Kier alpha value is -0.650. The molecule has 1 aliphatic carbocycles. The first kappa shape index (κ1) is 11.4. The van der Waals surface area contributed by atoms with Gasteiger partial charge >= 0.3 is 0 Å². The van der Waals surface area contributed by atoms with E-state index >= 15 is 0 Å². The Kier molecular flexibility index (Phi) is 3.14. The van der Waals surface area contributed by atoms with Crippen LogP contribution < -0.4 is 11.1 Å². The Labute approximate surface area is 83.3 Å². The fourth-order valence-corrected chi connectivity index (χ4v) is 1.19. The van der Waals surface area contributed by atoms with E-state index in [2.05, 4.69) is 5.32 Å². The molecule has 5 N–H and O–H groups in total. The molecule has 1 atom stereocenters. The van der Waals surface area contributed by atoms with Crippen LogP contribution in [-0.4, -0.2) is 41.4 Å². The fourth-order valence-electron chi connectivity index (χ4n) is 1.19. The van der Waals surface area contributed by atoms with E-state index in [0.29, 0.717) is 6.54 Å². The average molecular weight is 202 g/mol. The first-order valence-electron chi connectivity index (χ1n) is 4.77. The first-order chi connectivity index (χ1) is 6.46. The van der Waals surface area contributed by atoms with Crippen molar-refractivity contribution in [2.24, 2.45) is 11.1 Å². The Morgan fingerprint density at radius 2 is 2.21 bits per heavy atom. The van der Waals surface area contributed by atoms with Gasteiger partial charge in [0.1, 0.15) is 5.60 Å². The third kappa shape index (κ3) is 2.43. The summed E-state index contributed by atoms with van der Waals surface area (Å²) in [6.45, 7) is 1.50. The SMILES string of the molecule is CC(O)(CO)CNC(=O)C1(CN)CC1. The monoisotopic (exact) mass is 202 g/mol. The Morgan fingerprint density at radius 1 is 1.64 bits per heavy atom. The van der Waals surface area contributed by atoms with Crippen molar-refractivity contribution in [3.63, 3.8) is 0 Å². The number of rotatable bonds is 5. The van der Waals surface area contributed by atoms with Crippen molar-refractivity contribution in [1.29, 1.82) is 0 Å². The second-order valence-electron chi connectivity index (χ2n) is 4.32. The molecule has 0 saturated heterocycles. The van der Waals surface area contributed by atoms with Crippen molar-refractivity contribution >= 4 is 5.91 Å². The molecule has 0 bridgehead atoms. The third-order valence-corrected chi connectivity index (χ3v) is 2.70. The Bertz CT molecular complexity index is 224. The fraction of sp³-hybridized carbons (Fsp3) is 0.889. The third-order valence-electron chi connectivity index (χ3n) is 2.70. The zero-order valence-corrected chi connectivity index (χ0v) is 8.42. The van der Waals surface area contributed by atoms with Gasteiger partial charge in [-0.3, -0.25) is 4.79 Å². The minimum absolute atomic E-state index is 0.0596. The number of hydrogen-bond donors (Lipinski definition) is 4. The van der Waals surface area contributed by atoms with Crippen molar-refractivity contribution in [2.75, 3.05) is 19.7 Å². The minimum Gasteiger partial charge on any atom is -0.393 e. The molecule has 0 heterocycles. The predicted molar refractivity (Wildman–Crippen MR) is 51.4 cm³/mol. The van der Waals surface area contributed by atoms with Crippen LogP contribution in [0.4, 0.5) is 0 Å². The molecule has 1 saturated carbocycles. The summed E-state index contributed by atoms with van der Waals surface area (Å²) in [5.41, 5.74) is 3.82. The summed E-state index contributed by atoms with van der Waals surface area (Å²) in [6.07, 6.45) is 1.63. The van der Waals surface area contributed by atoms with E-state index in [9.17, 15) is 9.90 Å². The lowest BCUT2D eigenvalue weighted by Gasteiger charge is -2.22. The quantitative estimate of drug-likeness (QED) is 0.440. The highest BCUT2D eigenvalue weighted by molar-refractivity contribution is 5.85. The lowest BCUT2D eigenvalue weighted by atomic mass is 10.1. The van der Waals surface area contributed by atoms with Crippen molar-refractivity contribution in [3.05, 3.63) is 0 Å². The molecule has 1 unspecified atom stereocenters. The number of carbonyl (C=O) groups is 1. The molecule has 0 spiro atoms. The van der Waals surface area contributed by atoms with Crippen LogP contribution in [0.1, 0.15) is 19.8 Å². The highest BCUT2D eigenvalue weighted by atomic mass is 16.3. The number of nitrogens with two attached hydrogens (primary N) is 1. The zero-order chi connectivity index (χ0) is 10.8. The van der Waals surface area contributed by atoms with Gasteiger partial charge in [0.05, 0.1) is 12.0 Å². The maximum absolute atomic E-state index is 11.5. The van der Waals surface area contributed by atoms with E-state index in [1.807, 2.05) is 0 Å². The molecule has 1 rings (SSSR count). The van der Waals surface area contributed by atoms with E-state index < -0.39 is 11.0 Å². The molecule has 1 aliphatic rings. The second kappa shape index (κ2) is 3.84. The van der Waals surface area contributed by atoms with Gasteiger partial charge in [0.15, 0.2) is 0 Å². The van der Waals surface area contributed by atoms with Crippen LogP contribution >= 0.6 is 0 Å². The molecule has 5 heteroatoms. The lowest BCUT2D eigenvalue weighted by molar-refractivity contribution is -0.127. The molecular weight excluding hydrogens is 184 g/mol. The van der Waals surface area contributed by atoms with Crippen molar-refractivity contribution in [2.45, 2.75) is 25.4 Å². The van der Waals surface area contributed by atoms with Crippen LogP contribution in [0.3, 0.4) is 0 Å². The van der Waals surface area contributed by atoms with Crippen LogP contribution in [0.25, 0.3) is 0 Å². The van der Waals surface area contributed by atoms with Gasteiger partial charge in [0.25, 0.3) is 0 Å². The highest BCUT2D eigenvalue weighted by Gasteiger charge is 2.48. The zero-order valence-electron chi connectivity index (χ0n) is 8.42. The maximum Gasteiger partial charge on any atom is 0.227 e. The largest absolute Gasteiger partial charge is 0.393 e. The summed E-state index contributed by atoms with van der Waals surface area (Å²) in [7, 11) is 0. The molecule has 5 nitrogen and oxygen atoms in total. The summed E-state index contributed by atoms with van der Waals surface area (Å²) in [6, 6.07) is 0. The van der Waals surface area contributed by atoms with Crippen LogP contribution in [0, 0.1) is 5.41 Å². The summed E-state index contributed by atoms with van der Waals surface area (Å²) in [5, 5.41) is 20.8. The normalized spacial score (nSPS) is 22.6. The van der Waals surface area contributed by atoms with E-state index in [1.165, 1.54) is 6.92 Å². The molecule has 82 valence electrons. The topological polar surface area (TPSA) is 95.6 Å². The Balaban J connectivity index is 2.35. The number of carbonyl (C=O) groups excluding carboxylic acids is 1. The standard InChI is InChI=1S/C9H18N2O3/c1-8(14,6-12)5-11-7(13)9(4-10)2-3-9/h12,14H,2-6,10H2,1H3,(H,11,13). The molecule has 0 aromatic heterocycles. The molecular formula is C9H18N2O3. The molecule has 1 amide bonds. The number of nitrogens with one attached hydrogen (secondary N) is 1. The molecule has 14 heavy (non-hydrogen) atoms. The van der Waals surface area contributed by atoms with E-state index in [0.717, 1.165) is 12.8 Å². The number of aliphatic hydroxyl groups excluding tert-OH is 1. The molecule has 0 aliphatic heterocycles. The highest BCUT2D eigenvalue weighted by Crippen LogP contribution is 2.44. The summed E-state index contributed by atoms with van der Waals surface area (Å²) in [5.74, 6) is -0.117. The number of hydrogen-bond acceptors (Lipinski definition) is 4. The van der Waals surface area contributed by atoms with Crippen molar-refractivity contribution in [3.8, 4) is 0 Å². The van der Waals surface area contributed by atoms with Gasteiger partial charge in [-0.25, -0.2) is 0 Å². The van der Waals surface area contributed by atoms with Crippen LogP contribution in [0.15, 0.2) is 0 Å². The molecule has 1 fully saturated rings. The van der Waals surface area contributed by atoms with Gasteiger partial charge in [-0.15, -0.1) is 0 Å². The van der Waals surface area contributed by atoms with Crippen LogP contribution in [0.2, 0.25) is 0 Å². The van der Waals surface area contributed by atoms with Gasteiger partial charge in [-0.05, 0) is 19.8 Å². The minimum atomic E-state index is -1.25. The maximum atomic E-state index is 11.5. The summed E-state index contributed by atoms with van der Waals surface area (Å²) < 4.78 is 0. The van der Waals surface area contributed by atoms with E-state index in [-0.39, 0.29) is 19.1 Å². The summed E-state index contributed by atoms with van der Waals surface area (Å²) in [4.78, 5) is 11.5. The smallest absolute Gasteiger partial charge is 0.227 e. The van der Waals surface area contributed by atoms with Crippen LogP contribution in [0.5, 0.6) is 0 Å². The number of amides is 1. The number of aliphatic hydroxyl groups is 2. The van der Waals surface area contributed by atoms with Gasteiger partial charge < -0.3 is 21.3 Å². The first-order valence-corrected chi connectivity index (χ1v) is 4.77. The molecule has 0 radical (unpaired) electrons. The summed E-state index contributed by atoms with van der Waals surface area (Å²) >= 11 is 0. The van der Waals surface area contributed by atoms with Gasteiger partial charge in [0.2, 0.25) is 5.91 Å². The van der Waals surface area contributed by atoms with Gasteiger partial charge in [-0.1, -0.05) is 0 Å². The molecule has 0 aromatic carbocycles. The molecule has 0 aromatic rings. The van der Waals surface area contributed by atoms with Crippen molar-refractivity contribution in [1.82, 2.24) is 5.32 Å². The van der Waals surface area contributed by atoms with Crippen LogP contribution in [-0.2, 0) is 4.79 Å². The van der Waals surface area contributed by atoms with E-state index in [1.54, 1.807) is 0 Å².